The van der Waals surface area contributed by atoms with Gasteiger partial charge in [0.2, 0.25) is 0 Å². The molecule has 1 aliphatic rings. The number of nitro groups is 1. The van der Waals surface area contributed by atoms with Gasteiger partial charge in [-0.3, -0.25) is 0 Å². The Bertz CT molecular complexity index is 364. The van der Waals surface area contributed by atoms with E-state index in [2.05, 4.69) is 20.4 Å². The summed E-state index contributed by atoms with van der Waals surface area (Å²) in [4.78, 5) is 12.3. The van der Waals surface area contributed by atoms with Gasteiger partial charge in [0.1, 0.15) is 6.20 Å². The maximum Gasteiger partial charge on any atom is 0.366 e. The van der Waals surface area contributed by atoms with Crippen LogP contribution in [0.2, 0.25) is 0 Å². The Balaban J connectivity index is 2.04. The first-order valence-electron chi connectivity index (χ1n) is 4.79. The number of aromatic nitrogens is 2. The molecule has 7 nitrogen and oxygen atoms in total. The van der Waals surface area contributed by atoms with Crippen LogP contribution >= 0.6 is 0 Å². The Kier molecular flexibility index (Phi) is 2.55. The summed E-state index contributed by atoms with van der Waals surface area (Å²) in [6, 6.07) is 0.270. The number of anilines is 1. The second-order valence-electron chi connectivity index (χ2n) is 3.78. The van der Waals surface area contributed by atoms with E-state index in [-0.39, 0.29) is 11.9 Å². The molecule has 1 atom stereocenters. The van der Waals surface area contributed by atoms with Crippen molar-refractivity contribution in [1.29, 1.82) is 0 Å². The standard InChI is InChI=1S/C8H13N5O2/c1-12-3-2-6(5-12)10-7-4-9-11-8(7)13(14)15/h4,6,10H,2-3,5H2,1H3,(H,9,11). The largest absolute Gasteiger partial charge is 0.373 e. The fourth-order valence-electron chi connectivity index (χ4n) is 1.80. The molecule has 1 fully saturated rings. The Labute approximate surface area is 86.6 Å². The lowest BCUT2D eigenvalue weighted by molar-refractivity contribution is -0.388. The molecule has 2 heterocycles. The van der Waals surface area contributed by atoms with Crippen LogP contribution in [0.3, 0.4) is 0 Å². The molecule has 0 saturated carbocycles. The fourth-order valence-corrected chi connectivity index (χ4v) is 1.80. The first-order valence-corrected chi connectivity index (χ1v) is 4.79. The fraction of sp³-hybridized carbons (Fsp3) is 0.625. The molecule has 1 unspecified atom stereocenters. The second-order valence-corrected chi connectivity index (χ2v) is 3.78. The molecule has 2 N–H and O–H groups in total. The lowest BCUT2D eigenvalue weighted by Gasteiger charge is -2.11. The molecule has 0 aromatic carbocycles. The van der Waals surface area contributed by atoms with Crippen molar-refractivity contribution in [3.05, 3.63) is 16.3 Å². The number of nitrogens with one attached hydrogen (secondary N) is 2. The third kappa shape index (κ3) is 2.07. The average molecular weight is 211 g/mol. The van der Waals surface area contributed by atoms with Gasteiger partial charge in [-0.25, -0.2) is 0 Å². The third-order valence-corrected chi connectivity index (χ3v) is 2.55. The van der Waals surface area contributed by atoms with Crippen LogP contribution in [0.1, 0.15) is 6.42 Å². The molecule has 1 saturated heterocycles. The van der Waals surface area contributed by atoms with E-state index >= 15 is 0 Å². The Morgan fingerprint density at radius 2 is 2.60 bits per heavy atom. The Hall–Kier alpha value is -1.63. The highest BCUT2D eigenvalue weighted by Crippen LogP contribution is 2.22. The van der Waals surface area contributed by atoms with Crippen molar-refractivity contribution in [3.63, 3.8) is 0 Å². The molecular formula is C8H13N5O2. The quantitative estimate of drug-likeness (QED) is 0.559. The van der Waals surface area contributed by atoms with E-state index < -0.39 is 4.92 Å². The van der Waals surface area contributed by atoms with Gasteiger partial charge in [0.05, 0.1) is 0 Å². The summed E-state index contributed by atoms with van der Waals surface area (Å²) in [5.74, 6) is -0.0652. The van der Waals surface area contributed by atoms with E-state index in [4.69, 9.17) is 0 Å². The van der Waals surface area contributed by atoms with Gasteiger partial charge in [-0.05, 0) is 24.9 Å². The predicted octanol–water partition coefficient (Wildman–Crippen LogP) is 0.434. The summed E-state index contributed by atoms with van der Waals surface area (Å²) < 4.78 is 0. The summed E-state index contributed by atoms with van der Waals surface area (Å²) in [6.45, 7) is 1.92. The number of hydrogen-bond acceptors (Lipinski definition) is 5. The van der Waals surface area contributed by atoms with Crippen LogP contribution in [0, 0.1) is 10.1 Å². The molecule has 15 heavy (non-hydrogen) atoms. The molecule has 7 heteroatoms. The van der Waals surface area contributed by atoms with E-state index in [1.807, 2.05) is 7.05 Å². The van der Waals surface area contributed by atoms with E-state index in [0.717, 1.165) is 19.5 Å². The lowest BCUT2D eigenvalue weighted by atomic mass is 10.2. The highest BCUT2D eigenvalue weighted by atomic mass is 16.6. The zero-order chi connectivity index (χ0) is 10.8. The van der Waals surface area contributed by atoms with Crippen molar-refractivity contribution in [3.8, 4) is 0 Å². The van der Waals surface area contributed by atoms with Crippen LogP contribution in [0.4, 0.5) is 11.5 Å². The highest BCUT2D eigenvalue weighted by molar-refractivity contribution is 5.56. The zero-order valence-corrected chi connectivity index (χ0v) is 8.43. The summed E-state index contributed by atoms with van der Waals surface area (Å²) in [5.41, 5.74) is 0.473. The summed E-state index contributed by atoms with van der Waals surface area (Å²) >= 11 is 0. The molecule has 0 aliphatic carbocycles. The van der Waals surface area contributed by atoms with Gasteiger partial charge >= 0.3 is 5.82 Å². The molecule has 0 radical (unpaired) electrons. The van der Waals surface area contributed by atoms with Gasteiger partial charge in [-0.1, -0.05) is 5.10 Å². The van der Waals surface area contributed by atoms with E-state index in [1.54, 1.807) is 0 Å². The molecule has 1 aromatic heterocycles. The third-order valence-electron chi connectivity index (χ3n) is 2.55. The average Bonchev–Trinajstić information content (AvgIpc) is 2.75. The van der Waals surface area contributed by atoms with E-state index in [1.165, 1.54) is 6.20 Å². The SMILES string of the molecule is CN1CCC(Nc2cn[nH]c2[N+](=O)[O-])C1. The van der Waals surface area contributed by atoms with Crippen molar-refractivity contribution in [2.45, 2.75) is 12.5 Å². The highest BCUT2D eigenvalue weighted by Gasteiger charge is 2.23. The Morgan fingerprint density at radius 1 is 1.80 bits per heavy atom. The molecule has 1 aromatic rings. The van der Waals surface area contributed by atoms with Gasteiger partial charge in [-0.2, -0.15) is 0 Å². The molecule has 1 aliphatic heterocycles. The number of aromatic amines is 1. The number of likely N-dealkylation sites (N-methyl/N-ethyl adjacent to an activating group) is 1. The van der Waals surface area contributed by atoms with Gasteiger partial charge in [0.25, 0.3) is 0 Å². The normalized spacial score (nSPS) is 21.8. The van der Waals surface area contributed by atoms with Crippen molar-refractivity contribution >= 4 is 11.5 Å². The minimum atomic E-state index is -0.464. The number of H-pyrrole nitrogens is 1. The monoisotopic (exact) mass is 211 g/mol. The number of likely N-dealkylation sites (tertiary alicyclic amines) is 1. The maximum atomic E-state index is 10.6. The summed E-state index contributed by atoms with van der Waals surface area (Å²) in [7, 11) is 2.03. The van der Waals surface area contributed by atoms with Crippen LogP contribution in [-0.2, 0) is 0 Å². The van der Waals surface area contributed by atoms with Gasteiger partial charge in [0.15, 0.2) is 5.69 Å². The number of hydrogen-bond donors (Lipinski definition) is 2. The second kappa shape index (κ2) is 3.85. The van der Waals surface area contributed by atoms with Crippen molar-refractivity contribution in [1.82, 2.24) is 15.1 Å². The molecule has 0 bridgehead atoms. The van der Waals surface area contributed by atoms with Crippen LogP contribution in [0.25, 0.3) is 0 Å². The summed E-state index contributed by atoms with van der Waals surface area (Å²) in [5, 5.41) is 19.8. The molecule has 82 valence electrons. The van der Waals surface area contributed by atoms with Crippen molar-refractivity contribution in [2.75, 3.05) is 25.5 Å². The predicted molar refractivity (Wildman–Crippen MR) is 54.8 cm³/mol. The molecular weight excluding hydrogens is 198 g/mol. The van der Waals surface area contributed by atoms with Crippen molar-refractivity contribution in [2.24, 2.45) is 0 Å². The van der Waals surface area contributed by atoms with Crippen LogP contribution in [0.15, 0.2) is 6.20 Å². The lowest BCUT2D eigenvalue weighted by Crippen LogP contribution is -2.23. The first-order chi connectivity index (χ1) is 7.16. The van der Waals surface area contributed by atoms with Gasteiger partial charge < -0.3 is 20.3 Å². The molecule has 0 spiro atoms. The van der Waals surface area contributed by atoms with Crippen LogP contribution in [0.5, 0.6) is 0 Å². The van der Waals surface area contributed by atoms with Crippen LogP contribution in [-0.4, -0.2) is 46.2 Å². The maximum absolute atomic E-state index is 10.6. The molecule has 2 rings (SSSR count). The summed E-state index contributed by atoms with van der Waals surface area (Å²) in [6.07, 6.45) is 2.45. The minimum absolute atomic E-state index is 0.0652. The van der Waals surface area contributed by atoms with E-state index in [9.17, 15) is 10.1 Å². The minimum Gasteiger partial charge on any atom is -0.373 e. The van der Waals surface area contributed by atoms with E-state index in [0.29, 0.717) is 5.69 Å². The zero-order valence-electron chi connectivity index (χ0n) is 8.43. The number of rotatable bonds is 3. The smallest absolute Gasteiger partial charge is 0.366 e. The topological polar surface area (TPSA) is 87.1 Å². The van der Waals surface area contributed by atoms with Gasteiger partial charge in [-0.15, -0.1) is 5.10 Å². The van der Waals surface area contributed by atoms with Gasteiger partial charge in [0, 0.05) is 12.6 Å². The van der Waals surface area contributed by atoms with Crippen molar-refractivity contribution < 1.29 is 4.92 Å². The number of nitrogens with zero attached hydrogens (tertiary/aromatic N) is 3. The molecule has 0 amide bonds. The van der Waals surface area contributed by atoms with Crippen LogP contribution < -0.4 is 5.32 Å². The Morgan fingerprint density at radius 3 is 3.20 bits per heavy atom. The first kappa shape index (κ1) is 9.91.